The fraction of sp³-hybridized carbons (Fsp3) is 0.167. The molecule has 1 aromatic rings. The first kappa shape index (κ1) is 14.1. The number of aliphatic carboxylic acids is 1. The Morgan fingerprint density at radius 3 is 2.80 bits per heavy atom. The van der Waals surface area contributed by atoms with Gasteiger partial charge in [-0.2, -0.15) is 0 Å². The Morgan fingerprint density at radius 2 is 2.25 bits per heavy atom. The molecule has 0 bridgehead atoms. The molecule has 1 N–H and O–H groups in total. The maximum atomic E-state index is 11.9. The highest BCUT2D eigenvalue weighted by atomic mass is 32.2. The molecule has 1 aliphatic heterocycles. The summed E-state index contributed by atoms with van der Waals surface area (Å²) >= 11 is 0.705. The maximum Gasteiger partial charge on any atom is 0.323 e. The van der Waals surface area contributed by atoms with Gasteiger partial charge in [-0.1, -0.05) is 0 Å². The third-order valence-electron chi connectivity index (χ3n) is 2.43. The second-order valence-corrected chi connectivity index (χ2v) is 4.79. The van der Waals surface area contributed by atoms with Crippen molar-refractivity contribution in [2.45, 2.75) is 0 Å². The molecule has 0 aromatic carbocycles. The van der Waals surface area contributed by atoms with Gasteiger partial charge in [0.05, 0.1) is 12.0 Å². The van der Waals surface area contributed by atoms with Crippen LogP contribution in [-0.2, 0) is 9.59 Å². The zero-order valence-electron chi connectivity index (χ0n) is 10.4. The van der Waals surface area contributed by atoms with Gasteiger partial charge in [-0.15, -0.1) is 0 Å². The van der Waals surface area contributed by atoms with Crippen molar-refractivity contribution in [1.29, 1.82) is 0 Å². The molecule has 0 unspecified atom stereocenters. The van der Waals surface area contributed by atoms with Crippen molar-refractivity contribution in [2.24, 2.45) is 0 Å². The maximum absolute atomic E-state index is 11.9. The van der Waals surface area contributed by atoms with Crippen molar-refractivity contribution in [2.75, 3.05) is 13.7 Å². The Bertz CT molecular complexity index is 596. The second-order valence-electron chi connectivity index (χ2n) is 3.80. The van der Waals surface area contributed by atoms with Gasteiger partial charge in [-0.05, 0) is 29.5 Å². The Kier molecular flexibility index (Phi) is 4.04. The molecule has 1 aliphatic rings. The lowest BCUT2D eigenvalue weighted by Gasteiger charge is -2.07. The normalized spacial score (nSPS) is 16.9. The number of imide groups is 1. The van der Waals surface area contributed by atoms with Crippen molar-refractivity contribution in [1.82, 2.24) is 9.88 Å². The molecular formula is C12H10N2O5S. The van der Waals surface area contributed by atoms with Gasteiger partial charge in [-0.3, -0.25) is 19.3 Å². The van der Waals surface area contributed by atoms with Gasteiger partial charge < -0.3 is 9.84 Å². The summed E-state index contributed by atoms with van der Waals surface area (Å²) in [4.78, 5) is 38.8. The minimum atomic E-state index is -1.24. The minimum absolute atomic E-state index is 0.170. The highest BCUT2D eigenvalue weighted by molar-refractivity contribution is 8.18. The summed E-state index contributed by atoms with van der Waals surface area (Å²) in [6.07, 6.45) is 2.98. The highest BCUT2D eigenvalue weighted by Crippen LogP contribution is 2.31. The first-order chi connectivity index (χ1) is 9.51. The Morgan fingerprint density at radius 1 is 1.50 bits per heavy atom. The first-order valence-corrected chi connectivity index (χ1v) is 6.30. The summed E-state index contributed by atoms with van der Waals surface area (Å²) in [6.45, 7) is -0.636. The minimum Gasteiger partial charge on any atom is -0.481 e. The summed E-state index contributed by atoms with van der Waals surface area (Å²) < 4.78 is 4.91. The summed E-state index contributed by atoms with van der Waals surface area (Å²) in [5.74, 6) is -1.42. The third kappa shape index (κ3) is 2.97. The van der Waals surface area contributed by atoms with Gasteiger partial charge in [0.15, 0.2) is 0 Å². The lowest BCUT2D eigenvalue weighted by molar-refractivity contribution is -0.140. The Balaban J connectivity index is 2.20. The molecule has 0 saturated carbocycles. The number of carboxylic acids is 1. The molecule has 1 saturated heterocycles. The number of nitrogens with zero attached hydrogens (tertiary/aromatic N) is 2. The molecule has 0 aliphatic carbocycles. The number of carboxylic acid groups (broad SMARTS) is 1. The van der Waals surface area contributed by atoms with Crippen LogP contribution in [0.2, 0.25) is 0 Å². The van der Waals surface area contributed by atoms with Crippen LogP contribution in [0, 0.1) is 0 Å². The van der Waals surface area contributed by atoms with E-state index in [0.29, 0.717) is 28.1 Å². The lowest BCUT2D eigenvalue weighted by Crippen LogP contribution is -2.33. The predicted octanol–water partition coefficient (Wildman–Crippen LogP) is 1.21. The van der Waals surface area contributed by atoms with E-state index in [9.17, 15) is 14.4 Å². The number of hydrogen-bond acceptors (Lipinski definition) is 6. The quantitative estimate of drug-likeness (QED) is 0.833. The molecule has 8 heteroatoms. The molecule has 2 heterocycles. The smallest absolute Gasteiger partial charge is 0.323 e. The third-order valence-corrected chi connectivity index (χ3v) is 3.34. The highest BCUT2D eigenvalue weighted by Gasteiger charge is 2.36. The molecule has 1 fully saturated rings. The molecule has 2 rings (SSSR count). The number of carbonyl (C=O) groups excluding carboxylic acids is 2. The first-order valence-electron chi connectivity index (χ1n) is 5.48. The molecule has 0 spiro atoms. The standard InChI is InChI=1S/C12H10N2O5S/c1-19-9-3-2-7(5-13-9)4-8-11(17)14(6-10(15)16)12(18)20-8/h2-5H,6H2,1H3,(H,15,16)/b8-4-. The van der Waals surface area contributed by atoms with Crippen LogP contribution in [0.4, 0.5) is 4.79 Å². The van der Waals surface area contributed by atoms with Crippen LogP contribution in [0.25, 0.3) is 6.08 Å². The van der Waals surface area contributed by atoms with Crippen LogP contribution in [0.5, 0.6) is 5.88 Å². The summed E-state index contributed by atoms with van der Waals surface area (Å²) in [5.41, 5.74) is 0.617. The van der Waals surface area contributed by atoms with E-state index in [0.717, 1.165) is 0 Å². The zero-order valence-corrected chi connectivity index (χ0v) is 11.2. The van der Waals surface area contributed by atoms with Gasteiger partial charge in [0.2, 0.25) is 5.88 Å². The van der Waals surface area contributed by atoms with Crippen molar-refractivity contribution in [3.63, 3.8) is 0 Å². The van der Waals surface area contributed by atoms with Crippen LogP contribution >= 0.6 is 11.8 Å². The fourth-order valence-corrected chi connectivity index (χ4v) is 2.36. The molecular weight excluding hydrogens is 284 g/mol. The van der Waals surface area contributed by atoms with Gasteiger partial charge in [0.1, 0.15) is 6.54 Å². The summed E-state index contributed by atoms with van der Waals surface area (Å²) in [5, 5.41) is 8.05. The summed E-state index contributed by atoms with van der Waals surface area (Å²) in [6, 6.07) is 3.30. The summed E-state index contributed by atoms with van der Waals surface area (Å²) in [7, 11) is 1.49. The Hall–Kier alpha value is -2.35. The number of carbonyl (C=O) groups is 3. The van der Waals surface area contributed by atoms with Crippen LogP contribution < -0.4 is 4.74 Å². The molecule has 104 valence electrons. The van der Waals surface area contributed by atoms with Crippen molar-refractivity contribution < 1.29 is 24.2 Å². The van der Waals surface area contributed by atoms with E-state index in [1.165, 1.54) is 19.4 Å². The predicted molar refractivity (Wildman–Crippen MR) is 71.1 cm³/mol. The topological polar surface area (TPSA) is 96.8 Å². The van der Waals surface area contributed by atoms with E-state index in [-0.39, 0.29) is 4.91 Å². The average Bonchev–Trinajstić information content (AvgIpc) is 2.67. The van der Waals surface area contributed by atoms with Crippen LogP contribution in [0.15, 0.2) is 23.2 Å². The van der Waals surface area contributed by atoms with Gasteiger partial charge >= 0.3 is 5.97 Å². The average molecular weight is 294 g/mol. The van der Waals surface area contributed by atoms with E-state index in [1.54, 1.807) is 12.1 Å². The van der Waals surface area contributed by atoms with Crippen molar-refractivity contribution >= 4 is 35.0 Å². The van der Waals surface area contributed by atoms with Gasteiger partial charge in [0, 0.05) is 12.3 Å². The number of thioether (sulfide) groups is 1. The largest absolute Gasteiger partial charge is 0.481 e. The molecule has 7 nitrogen and oxygen atoms in total. The molecule has 0 atom stereocenters. The number of hydrogen-bond donors (Lipinski definition) is 1. The number of ether oxygens (including phenoxy) is 1. The number of amides is 2. The van der Waals surface area contributed by atoms with Gasteiger partial charge in [0.25, 0.3) is 11.1 Å². The SMILES string of the molecule is COc1ccc(/C=C2\SC(=O)N(CC(=O)O)C2=O)cn1. The molecule has 2 amide bonds. The molecule has 0 radical (unpaired) electrons. The van der Waals surface area contributed by atoms with E-state index >= 15 is 0 Å². The van der Waals surface area contributed by atoms with Crippen molar-refractivity contribution in [3.8, 4) is 5.88 Å². The van der Waals surface area contributed by atoms with Crippen LogP contribution in [0.1, 0.15) is 5.56 Å². The monoisotopic (exact) mass is 294 g/mol. The van der Waals surface area contributed by atoms with Crippen LogP contribution in [-0.4, -0.2) is 45.8 Å². The van der Waals surface area contributed by atoms with E-state index < -0.39 is 23.7 Å². The Labute approximate surface area is 118 Å². The van der Waals surface area contributed by atoms with Crippen molar-refractivity contribution in [3.05, 3.63) is 28.8 Å². The number of methoxy groups -OCH3 is 1. The fourth-order valence-electron chi connectivity index (χ4n) is 1.52. The van der Waals surface area contributed by atoms with Crippen LogP contribution in [0.3, 0.4) is 0 Å². The second kappa shape index (κ2) is 5.74. The lowest BCUT2D eigenvalue weighted by atomic mass is 10.2. The molecule has 20 heavy (non-hydrogen) atoms. The molecule has 1 aromatic heterocycles. The van der Waals surface area contributed by atoms with E-state index in [1.807, 2.05) is 0 Å². The van der Waals surface area contributed by atoms with E-state index in [2.05, 4.69) is 4.98 Å². The number of aromatic nitrogens is 1. The van der Waals surface area contributed by atoms with Gasteiger partial charge in [-0.25, -0.2) is 4.98 Å². The number of rotatable bonds is 4. The van der Waals surface area contributed by atoms with E-state index in [4.69, 9.17) is 9.84 Å². The zero-order chi connectivity index (χ0) is 14.7. The number of pyridine rings is 1.